The number of hydrogen-bond acceptors (Lipinski definition) is 3. The van der Waals surface area contributed by atoms with E-state index < -0.39 is 11.6 Å². The van der Waals surface area contributed by atoms with E-state index in [1.54, 1.807) is 0 Å². The zero-order valence-corrected chi connectivity index (χ0v) is 9.42. The van der Waals surface area contributed by atoms with Gasteiger partial charge in [-0.2, -0.15) is 0 Å². The third-order valence-corrected chi connectivity index (χ3v) is 3.11. The van der Waals surface area contributed by atoms with Gasteiger partial charge in [0, 0.05) is 11.7 Å². The maximum absolute atomic E-state index is 13.5. The van der Waals surface area contributed by atoms with Crippen molar-refractivity contribution in [2.24, 2.45) is 0 Å². The summed E-state index contributed by atoms with van der Waals surface area (Å²) in [7, 11) is 0. The molecule has 0 atom stereocenters. The minimum absolute atomic E-state index is 0.00558. The van der Waals surface area contributed by atoms with Gasteiger partial charge in [0.25, 0.3) is 0 Å². The van der Waals surface area contributed by atoms with E-state index >= 15 is 0 Å². The van der Waals surface area contributed by atoms with Gasteiger partial charge in [-0.1, -0.05) is 0 Å². The van der Waals surface area contributed by atoms with E-state index in [-0.39, 0.29) is 23.5 Å². The highest BCUT2D eigenvalue weighted by Crippen LogP contribution is 2.27. The van der Waals surface area contributed by atoms with E-state index in [1.807, 2.05) is 0 Å². The number of benzene rings is 1. The normalized spacial score (nSPS) is 24.6. The SMILES string of the molecule is Nc1cc(F)c(NC2CCC(O)CC2)c(F)c1. The van der Waals surface area contributed by atoms with Crippen molar-refractivity contribution in [3.63, 3.8) is 0 Å². The van der Waals surface area contributed by atoms with Crippen molar-refractivity contribution in [2.45, 2.75) is 37.8 Å². The minimum atomic E-state index is -0.673. The highest BCUT2D eigenvalue weighted by molar-refractivity contribution is 5.54. The average Bonchev–Trinajstić information content (AvgIpc) is 2.26. The molecule has 5 heteroatoms. The first kappa shape index (κ1) is 12.1. The van der Waals surface area contributed by atoms with E-state index in [4.69, 9.17) is 5.73 Å². The molecule has 1 aromatic carbocycles. The molecule has 0 heterocycles. The molecule has 0 aliphatic heterocycles. The summed E-state index contributed by atoms with van der Waals surface area (Å²) >= 11 is 0. The molecule has 4 N–H and O–H groups in total. The maximum Gasteiger partial charge on any atom is 0.151 e. The summed E-state index contributed by atoms with van der Waals surface area (Å²) in [5, 5.41) is 12.2. The van der Waals surface area contributed by atoms with Crippen LogP contribution in [0.2, 0.25) is 0 Å². The van der Waals surface area contributed by atoms with Crippen LogP contribution in [-0.4, -0.2) is 17.3 Å². The Morgan fingerprint density at radius 2 is 1.65 bits per heavy atom. The number of halogens is 2. The lowest BCUT2D eigenvalue weighted by Crippen LogP contribution is -2.29. The summed E-state index contributed by atoms with van der Waals surface area (Å²) in [6.45, 7) is 0. The van der Waals surface area contributed by atoms with Gasteiger partial charge in [-0.05, 0) is 37.8 Å². The van der Waals surface area contributed by atoms with Gasteiger partial charge in [0.1, 0.15) is 5.69 Å². The van der Waals surface area contributed by atoms with E-state index in [2.05, 4.69) is 5.32 Å². The number of anilines is 2. The number of hydrogen-bond donors (Lipinski definition) is 3. The molecule has 0 spiro atoms. The highest BCUT2D eigenvalue weighted by atomic mass is 19.1. The first-order chi connectivity index (χ1) is 8.06. The van der Waals surface area contributed by atoms with Gasteiger partial charge in [0.2, 0.25) is 0 Å². The van der Waals surface area contributed by atoms with Crippen LogP contribution in [0.25, 0.3) is 0 Å². The number of nitrogens with one attached hydrogen (secondary N) is 1. The van der Waals surface area contributed by atoms with E-state index in [1.165, 1.54) is 0 Å². The number of nitrogen functional groups attached to an aromatic ring is 1. The van der Waals surface area contributed by atoms with E-state index in [9.17, 15) is 13.9 Å². The summed E-state index contributed by atoms with van der Waals surface area (Å²) in [5.41, 5.74) is 5.29. The molecule has 1 aliphatic rings. The van der Waals surface area contributed by atoms with Gasteiger partial charge in [-0.15, -0.1) is 0 Å². The predicted octanol–water partition coefficient (Wildman–Crippen LogP) is 2.26. The van der Waals surface area contributed by atoms with Crippen LogP contribution in [0.3, 0.4) is 0 Å². The molecule has 1 saturated carbocycles. The monoisotopic (exact) mass is 242 g/mol. The Hall–Kier alpha value is -1.36. The molecule has 2 rings (SSSR count). The zero-order chi connectivity index (χ0) is 12.4. The maximum atomic E-state index is 13.5. The minimum Gasteiger partial charge on any atom is -0.399 e. The average molecular weight is 242 g/mol. The second kappa shape index (κ2) is 4.87. The Bertz CT molecular complexity index is 380. The van der Waals surface area contributed by atoms with Crippen LogP contribution in [0.15, 0.2) is 12.1 Å². The van der Waals surface area contributed by atoms with Gasteiger partial charge in [0.05, 0.1) is 6.10 Å². The quantitative estimate of drug-likeness (QED) is 0.697. The summed E-state index contributed by atoms with van der Waals surface area (Å²) in [6.07, 6.45) is 2.47. The lowest BCUT2D eigenvalue weighted by Gasteiger charge is -2.27. The molecule has 0 saturated heterocycles. The number of aliphatic hydroxyl groups is 1. The molecular formula is C12H16F2N2O. The standard InChI is InChI=1S/C12H16F2N2O/c13-10-5-7(15)6-11(14)12(10)16-8-1-3-9(17)4-2-8/h5-6,8-9,16-17H,1-4,15H2. The van der Waals surface area contributed by atoms with Crippen molar-refractivity contribution >= 4 is 11.4 Å². The molecule has 0 amide bonds. The second-order valence-corrected chi connectivity index (χ2v) is 4.51. The van der Waals surface area contributed by atoms with E-state index in [0.29, 0.717) is 25.7 Å². The Balaban J connectivity index is 2.08. The molecule has 0 aromatic heterocycles. The van der Waals surface area contributed by atoms with Crippen LogP contribution in [-0.2, 0) is 0 Å². The molecule has 3 nitrogen and oxygen atoms in total. The summed E-state index contributed by atoms with van der Waals surface area (Å²) in [4.78, 5) is 0. The Morgan fingerprint density at radius 3 is 2.18 bits per heavy atom. The first-order valence-electron chi connectivity index (χ1n) is 5.75. The van der Waals surface area contributed by atoms with Gasteiger partial charge in [-0.25, -0.2) is 8.78 Å². The van der Waals surface area contributed by atoms with Crippen LogP contribution in [0.4, 0.5) is 20.2 Å². The molecule has 1 aromatic rings. The van der Waals surface area contributed by atoms with Crippen molar-refractivity contribution in [3.05, 3.63) is 23.8 Å². The summed E-state index contributed by atoms with van der Waals surface area (Å²) in [6, 6.07) is 2.21. The van der Waals surface area contributed by atoms with Crippen LogP contribution < -0.4 is 11.1 Å². The zero-order valence-electron chi connectivity index (χ0n) is 9.42. The van der Waals surface area contributed by atoms with Crippen molar-refractivity contribution < 1.29 is 13.9 Å². The largest absolute Gasteiger partial charge is 0.399 e. The molecule has 0 unspecified atom stereocenters. The van der Waals surface area contributed by atoms with Crippen molar-refractivity contribution in [1.29, 1.82) is 0 Å². The number of rotatable bonds is 2. The van der Waals surface area contributed by atoms with Crippen LogP contribution in [0, 0.1) is 11.6 Å². The van der Waals surface area contributed by atoms with Gasteiger partial charge in [-0.3, -0.25) is 0 Å². The fourth-order valence-electron chi connectivity index (χ4n) is 2.15. The molecule has 0 bridgehead atoms. The molecule has 1 aliphatic carbocycles. The summed E-state index contributed by atoms with van der Waals surface area (Å²) in [5.74, 6) is -1.35. The smallest absolute Gasteiger partial charge is 0.151 e. The topological polar surface area (TPSA) is 58.3 Å². The molecule has 1 fully saturated rings. The lowest BCUT2D eigenvalue weighted by atomic mass is 9.93. The number of aliphatic hydroxyl groups excluding tert-OH is 1. The lowest BCUT2D eigenvalue weighted by molar-refractivity contribution is 0.126. The third kappa shape index (κ3) is 2.85. The van der Waals surface area contributed by atoms with Crippen molar-refractivity contribution in [1.82, 2.24) is 0 Å². The van der Waals surface area contributed by atoms with Crippen molar-refractivity contribution in [3.8, 4) is 0 Å². The number of nitrogens with two attached hydrogens (primary N) is 1. The van der Waals surface area contributed by atoms with E-state index in [0.717, 1.165) is 12.1 Å². The van der Waals surface area contributed by atoms with Crippen LogP contribution in [0.1, 0.15) is 25.7 Å². The molecule has 0 radical (unpaired) electrons. The molecular weight excluding hydrogens is 226 g/mol. The third-order valence-electron chi connectivity index (χ3n) is 3.11. The van der Waals surface area contributed by atoms with Crippen molar-refractivity contribution in [2.75, 3.05) is 11.1 Å². The van der Waals surface area contributed by atoms with Crippen LogP contribution in [0.5, 0.6) is 0 Å². The second-order valence-electron chi connectivity index (χ2n) is 4.51. The Labute approximate surface area is 98.6 Å². The fourth-order valence-corrected chi connectivity index (χ4v) is 2.15. The fraction of sp³-hybridized carbons (Fsp3) is 0.500. The van der Waals surface area contributed by atoms with Gasteiger partial charge in [0.15, 0.2) is 11.6 Å². The molecule has 17 heavy (non-hydrogen) atoms. The molecule has 94 valence electrons. The Morgan fingerprint density at radius 1 is 1.12 bits per heavy atom. The summed E-state index contributed by atoms with van der Waals surface area (Å²) < 4.78 is 27.0. The highest BCUT2D eigenvalue weighted by Gasteiger charge is 2.21. The Kier molecular flexibility index (Phi) is 3.47. The van der Waals surface area contributed by atoms with Crippen LogP contribution >= 0.6 is 0 Å². The predicted molar refractivity (Wildman–Crippen MR) is 62.7 cm³/mol. The van der Waals surface area contributed by atoms with Gasteiger partial charge >= 0.3 is 0 Å². The van der Waals surface area contributed by atoms with Gasteiger partial charge < -0.3 is 16.2 Å². The first-order valence-corrected chi connectivity index (χ1v) is 5.75.